The second-order valence-electron chi connectivity index (χ2n) is 6.54. The van der Waals surface area contributed by atoms with Gasteiger partial charge in [-0.05, 0) is 30.5 Å². The Hall–Kier alpha value is -1.92. The monoisotopic (exact) mass is 348 g/mol. The number of aromatic amines is 1. The summed E-state index contributed by atoms with van der Waals surface area (Å²) in [6.07, 6.45) is 2.71. The Labute approximate surface area is 144 Å². The normalized spacial score (nSPS) is 18.1. The number of rotatable bonds is 4. The summed E-state index contributed by atoms with van der Waals surface area (Å²) in [7, 11) is 0. The molecule has 1 aliphatic carbocycles. The van der Waals surface area contributed by atoms with Crippen molar-refractivity contribution in [3.05, 3.63) is 51.6 Å². The predicted octanol–water partition coefficient (Wildman–Crippen LogP) is 2.31. The smallest absolute Gasteiger partial charge is 0.272 e. The van der Waals surface area contributed by atoms with Gasteiger partial charge in [0.2, 0.25) is 0 Å². The van der Waals surface area contributed by atoms with Gasteiger partial charge >= 0.3 is 0 Å². The molecule has 0 spiro atoms. The number of hydrogen-bond donors (Lipinski definition) is 3. The average molecular weight is 349 g/mol. The first-order chi connectivity index (χ1) is 11.6. The highest BCUT2D eigenvalue weighted by Crippen LogP contribution is 2.50. The molecule has 2 heterocycles. The first-order valence-corrected chi connectivity index (χ1v) is 8.47. The van der Waals surface area contributed by atoms with E-state index in [4.69, 9.17) is 11.6 Å². The molecule has 0 bridgehead atoms. The van der Waals surface area contributed by atoms with Gasteiger partial charge in [-0.2, -0.15) is 5.10 Å². The van der Waals surface area contributed by atoms with Crippen molar-refractivity contribution in [2.24, 2.45) is 0 Å². The van der Waals surface area contributed by atoms with Crippen molar-refractivity contribution in [3.63, 3.8) is 0 Å². The lowest BCUT2D eigenvalue weighted by atomic mass is 9.95. The molecule has 126 valence electrons. The van der Waals surface area contributed by atoms with Gasteiger partial charge in [-0.15, -0.1) is 0 Å². The van der Waals surface area contributed by atoms with Crippen molar-refractivity contribution in [2.75, 3.05) is 13.1 Å². The molecule has 1 fully saturated rings. The maximum absolute atomic E-state index is 13.2. The predicted molar refractivity (Wildman–Crippen MR) is 88.7 cm³/mol. The SMILES string of the molecule is O=C(NCC1(c2ccc(F)cc2Cl)CC1)c1n[nH]c2c1CNCC2. The Balaban J connectivity index is 1.48. The van der Waals surface area contributed by atoms with Crippen LogP contribution in [-0.2, 0) is 18.4 Å². The minimum Gasteiger partial charge on any atom is -0.350 e. The molecule has 7 heteroatoms. The summed E-state index contributed by atoms with van der Waals surface area (Å²) in [6, 6.07) is 4.46. The van der Waals surface area contributed by atoms with Crippen LogP contribution in [0, 0.1) is 5.82 Å². The van der Waals surface area contributed by atoms with Gasteiger partial charge in [0, 0.05) is 47.8 Å². The van der Waals surface area contributed by atoms with Crippen molar-refractivity contribution in [2.45, 2.75) is 31.2 Å². The molecule has 0 saturated heterocycles. The summed E-state index contributed by atoms with van der Waals surface area (Å²) in [5.41, 5.74) is 3.15. The number of fused-ring (bicyclic) bond motifs is 1. The molecule has 24 heavy (non-hydrogen) atoms. The Bertz CT molecular complexity index is 800. The molecule has 1 aliphatic heterocycles. The summed E-state index contributed by atoms with van der Waals surface area (Å²) in [6.45, 7) is 2.03. The van der Waals surface area contributed by atoms with E-state index in [0.29, 0.717) is 23.8 Å². The van der Waals surface area contributed by atoms with E-state index in [1.54, 1.807) is 6.07 Å². The van der Waals surface area contributed by atoms with Crippen LogP contribution in [0.1, 0.15) is 40.2 Å². The lowest BCUT2D eigenvalue weighted by Crippen LogP contribution is -2.34. The second kappa shape index (κ2) is 5.86. The number of nitrogens with one attached hydrogen (secondary N) is 3. The number of amides is 1. The molecule has 3 N–H and O–H groups in total. The quantitative estimate of drug-likeness (QED) is 0.794. The van der Waals surface area contributed by atoms with Crippen LogP contribution in [0.25, 0.3) is 0 Å². The van der Waals surface area contributed by atoms with Crippen LogP contribution in [0.5, 0.6) is 0 Å². The zero-order valence-corrected chi connectivity index (χ0v) is 13.8. The number of H-pyrrole nitrogens is 1. The van der Waals surface area contributed by atoms with Gasteiger partial charge in [-0.25, -0.2) is 4.39 Å². The number of carbonyl (C=O) groups is 1. The highest BCUT2D eigenvalue weighted by atomic mass is 35.5. The van der Waals surface area contributed by atoms with Gasteiger partial charge in [0.15, 0.2) is 5.69 Å². The zero-order valence-electron chi connectivity index (χ0n) is 13.1. The number of halogens is 2. The summed E-state index contributed by atoms with van der Waals surface area (Å²) in [5, 5.41) is 13.8. The van der Waals surface area contributed by atoms with Gasteiger partial charge in [-0.1, -0.05) is 17.7 Å². The molecule has 4 rings (SSSR count). The first-order valence-electron chi connectivity index (χ1n) is 8.10. The van der Waals surface area contributed by atoms with E-state index in [2.05, 4.69) is 20.8 Å². The number of carbonyl (C=O) groups excluding carboxylic acids is 1. The zero-order chi connectivity index (χ0) is 16.7. The highest BCUT2D eigenvalue weighted by Gasteiger charge is 2.45. The first kappa shape index (κ1) is 15.6. The number of nitrogens with zero attached hydrogens (tertiary/aromatic N) is 1. The Morgan fingerprint density at radius 2 is 2.25 bits per heavy atom. The number of hydrogen-bond acceptors (Lipinski definition) is 3. The molecule has 0 atom stereocenters. The topological polar surface area (TPSA) is 69.8 Å². The van der Waals surface area contributed by atoms with Crippen molar-refractivity contribution in [1.29, 1.82) is 0 Å². The third kappa shape index (κ3) is 2.70. The van der Waals surface area contributed by atoms with Gasteiger partial charge in [0.25, 0.3) is 5.91 Å². The van der Waals surface area contributed by atoms with Crippen LogP contribution in [-0.4, -0.2) is 29.2 Å². The molecule has 1 aromatic heterocycles. The minimum atomic E-state index is -0.348. The fourth-order valence-electron chi connectivity index (χ4n) is 3.36. The molecule has 1 saturated carbocycles. The lowest BCUT2D eigenvalue weighted by Gasteiger charge is -2.18. The van der Waals surface area contributed by atoms with E-state index in [1.807, 2.05) is 0 Å². The molecule has 5 nitrogen and oxygen atoms in total. The van der Waals surface area contributed by atoms with Crippen molar-refractivity contribution < 1.29 is 9.18 Å². The molecular formula is C17H18ClFN4O. The summed E-state index contributed by atoms with van der Waals surface area (Å²) >= 11 is 6.19. The van der Waals surface area contributed by atoms with E-state index >= 15 is 0 Å². The van der Waals surface area contributed by atoms with E-state index in [1.165, 1.54) is 12.1 Å². The molecule has 0 radical (unpaired) electrons. The van der Waals surface area contributed by atoms with Crippen molar-refractivity contribution in [3.8, 4) is 0 Å². The van der Waals surface area contributed by atoms with Gasteiger partial charge in [0.1, 0.15) is 5.82 Å². The number of aromatic nitrogens is 2. The standard InChI is InChI=1S/C17H18ClFN4O/c18-13-7-10(19)1-2-12(13)17(4-5-17)9-21-16(24)15-11-8-20-6-3-14(11)22-23-15/h1-2,7,20H,3-6,8-9H2,(H,21,24)(H,22,23). The van der Waals surface area contributed by atoms with Gasteiger partial charge < -0.3 is 10.6 Å². The third-order valence-corrected chi connectivity index (χ3v) is 5.28. The van der Waals surface area contributed by atoms with Crippen LogP contribution >= 0.6 is 11.6 Å². The molecule has 2 aromatic rings. The minimum absolute atomic E-state index is 0.180. The Morgan fingerprint density at radius 1 is 1.42 bits per heavy atom. The van der Waals surface area contributed by atoms with Crippen molar-refractivity contribution in [1.82, 2.24) is 20.8 Å². The van der Waals surface area contributed by atoms with Crippen molar-refractivity contribution >= 4 is 17.5 Å². The van der Waals surface area contributed by atoms with E-state index in [-0.39, 0.29) is 17.1 Å². The second-order valence-corrected chi connectivity index (χ2v) is 6.95. The van der Waals surface area contributed by atoms with E-state index < -0.39 is 0 Å². The average Bonchev–Trinajstić information content (AvgIpc) is 3.23. The fourth-order valence-corrected chi connectivity index (χ4v) is 3.73. The highest BCUT2D eigenvalue weighted by molar-refractivity contribution is 6.31. The maximum atomic E-state index is 13.2. The van der Waals surface area contributed by atoms with E-state index in [0.717, 1.165) is 42.6 Å². The summed E-state index contributed by atoms with van der Waals surface area (Å²) in [4.78, 5) is 12.5. The van der Waals surface area contributed by atoms with E-state index in [9.17, 15) is 9.18 Å². The van der Waals surface area contributed by atoms with Crippen LogP contribution in [0.4, 0.5) is 4.39 Å². The van der Waals surface area contributed by atoms with Crippen LogP contribution < -0.4 is 10.6 Å². The molecule has 1 aromatic carbocycles. The summed E-state index contributed by atoms with van der Waals surface area (Å²) < 4.78 is 13.2. The number of benzene rings is 1. The molecular weight excluding hydrogens is 331 g/mol. The third-order valence-electron chi connectivity index (χ3n) is 4.96. The lowest BCUT2D eigenvalue weighted by molar-refractivity contribution is 0.0943. The Kier molecular flexibility index (Phi) is 3.81. The largest absolute Gasteiger partial charge is 0.350 e. The molecule has 0 unspecified atom stereocenters. The molecule has 2 aliphatic rings. The van der Waals surface area contributed by atoms with Crippen LogP contribution in [0.3, 0.4) is 0 Å². The molecule has 1 amide bonds. The van der Waals surface area contributed by atoms with Gasteiger partial charge in [-0.3, -0.25) is 9.89 Å². The summed E-state index contributed by atoms with van der Waals surface area (Å²) in [5.74, 6) is -0.528. The van der Waals surface area contributed by atoms with Gasteiger partial charge in [0.05, 0.1) is 0 Å². The maximum Gasteiger partial charge on any atom is 0.272 e. The van der Waals surface area contributed by atoms with Crippen LogP contribution in [0.2, 0.25) is 5.02 Å². The fraction of sp³-hybridized carbons (Fsp3) is 0.412. The van der Waals surface area contributed by atoms with Crippen LogP contribution in [0.15, 0.2) is 18.2 Å². The Morgan fingerprint density at radius 3 is 3.00 bits per heavy atom.